The van der Waals surface area contributed by atoms with Gasteiger partial charge < -0.3 is 19.7 Å². The summed E-state index contributed by atoms with van der Waals surface area (Å²) in [4.78, 5) is 27.3. The third-order valence-corrected chi connectivity index (χ3v) is 6.06. The Hall–Kier alpha value is -3.65. The Bertz CT molecular complexity index is 1140. The Labute approximate surface area is 192 Å². The number of fused-ring (bicyclic) bond motifs is 1. The van der Waals surface area contributed by atoms with Gasteiger partial charge in [-0.05, 0) is 43.2 Å². The smallest absolute Gasteiger partial charge is 0.254 e. The average Bonchev–Trinajstić information content (AvgIpc) is 3.21. The molecule has 2 aromatic carbocycles. The summed E-state index contributed by atoms with van der Waals surface area (Å²) in [6.45, 7) is 2.77. The average molecular weight is 447 g/mol. The molecule has 0 saturated carbocycles. The number of hydrogen-bond acceptors (Lipinski definition) is 5. The molecule has 8 nitrogen and oxygen atoms in total. The maximum absolute atomic E-state index is 13.1. The van der Waals surface area contributed by atoms with Gasteiger partial charge in [0.1, 0.15) is 12.4 Å². The molecule has 1 saturated heterocycles. The zero-order valence-electron chi connectivity index (χ0n) is 18.3. The molecule has 33 heavy (non-hydrogen) atoms. The van der Waals surface area contributed by atoms with Crippen LogP contribution in [-0.4, -0.2) is 52.9 Å². The van der Waals surface area contributed by atoms with Crippen LogP contribution in [0.1, 0.15) is 28.8 Å². The molecule has 2 aliphatic heterocycles. The highest BCUT2D eigenvalue weighted by molar-refractivity contribution is 5.94. The van der Waals surface area contributed by atoms with Crippen LogP contribution < -0.4 is 10.1 Å². The lowest BCUT2D eigenvalue weighted by Crippen LogP contribution is -2.32. The molecule has 0 atom stereocenters. The third-order valence-electron chi connectivity index (χ3n) is 6.06. The molecule has 1 aromatic heterocycles. The van der Waals surface area contributed by atoms with Gasteiger partial charge in [0, 0.05) is 36.8 Å². The molecule has 0 radical (unpaired) electrons. The van der Waals surface area contributed by atoms with Gasteiger partial charge in [0.15, 0.2) is 0 Å². The highest BCUT2D eigenvalue weighted by Gasteiger charge is 2.23. The lowest BCUT2D eigenvalue weighted by atomic mass is 9.99. The molecule has 0 spiro atoms. The molecule has 3 heterocycles. The van der Waals surface area contributed by atoms with Gasteiger partial charge in [-0.25, -0.2) is 4.68 Å². The topological polar surface area (TPSA) is 85.7 Å². The third kappa shape index (κ3) is 4.75. The predicted molar refractivity (Wildman–Crippen MR) is 122 cm³/mol. The van der Waals surface area contributed by atoms with Crippen LogP contribution in [0.5, 0.6) is 5.75 Å². The van der Waals surface area contributed by atoms with Gasteiger partial charge in [0.25, 0.3) is 5.91 Å². The number of carbonyl (C=O) groups is 2. The monoisotopic (exact) mass is 446 g/mol. The van der Waals surface area contributed by atoms with Gasteiger partial charge in [-0.1, -0.05) is 18.2 Å². The zero-order chi connectivity index (χ0) is 22.6. The van der Waals surface area contributed by atoms with E-state index < -0.39 is 0 Å². The first-order valence-electron chi connectivity index (χ1n) is 11.2. The number of benzene rings is 2. The number of ether oxygens (including phenoxy) is 2. The van der Waals surface area contributed by atoms with Crippen LogP contribution in [-0.2, 0) is 16.1 Å². The molecular formula is C25H26N4O4. The lowest BCUT2D eigenvalue weighted by molar-refractivity contribution is -0.122. The van der Waals surface area contributed by atoms with Crippen LogP contribution in [0, 0.1) is 5.92 Å². The Balaban J connectivity index is 1.24. The van der Waals surface area contributed by atoms with Crippen molar-refractivity contribution in [2.75, 3.05) is 31.7 Å². The maximum atomic E-state index is 13.1. The van der Waals surface area contributed by atoms with Crippen molar-refractivity contribution in [2.45, 2.75) is 19.4 Å². The Morgan fingerprint density at radius 3 is 2.61 bits per heavy atom. The number of hydrogen-bond donors (Lipinski definition) is 1. The zero-order valence-corrected chi connectivity index (χ0v) is 18.3. The highest BCUT2D eigenvalue weighted by Crippen LogP contribution is 2.24. The standard InChI is InChI=1S/C25H26N4O4/c30-24(18-9-12-32-13-10-18)27-21-15-26-29(17-21)22-7-5-19(6-8-22)25(31)28-11-14-33-23-4-2-1-3-20(23)16-28/h1-8,15,17-18H,9-14,16H2,(H,27,30). The van der Waals surface area contributed by atoms with Crippen LogP contribution in [0.3, 0.4) is 0 Å². The first kappa shape index (κ1) is 21.2. The van der Waals surface area contributed by atoms with Crippen molar-refractivity contribution in [3.8, 4) is 11.4 Å². The van der Waals surface area contributed by atoms with Gasteiger partial charge >= 0.3 is 0 Å². The molecule has 0 aliphatic carbocycles. The van der Waals surface area contributed by atoms with E-state index in [0.717, 1.165) is 29.8 Å². The predicted octanol–water partition coefficient (Wildman–Crippen LogP) is 3.27. The molecule has 170 valence electrons. The number of para-hydroxylation sites is 1. The molecule has 2 amide bonds. The van der Waals surface area contributed by atoms with Crippen molar-refractivity contribution in [3.05, 3.63) is 72.1 Å². The fourth-order valence-corrected chi connectivity index (χ4v) is 4.17. The summed E-state index contributed by atoms with van der Waals surface area (Å²) >= 11 is 0. The summed E-state index contributed by atoms with van der Waals surface area (Å²) < 4.78 is 12.8. The number of amides is 2. The van der Waals surface area contributed by atoms with Crippen LogP contribution in [0.25, 0.3) is 5.69 Å². The second kappa shape index (κ2) is 9.46. The molecule has 0 unspecified atom stereocenters. The molecule has 0 bridgehead atoms. The summed E-state index contributed by atoms with van der Waals surface area (Å²) in [7, 11) is 0. The van der Waals surface area contributed by atoms with E-state index in [1.54, 1.807) is 34.1 Å². The second-order valence-corrected chi connectivity index (χ2v) is 8.28. The summed E-state index contributed by atoms with van der Waals surface area (Å²) in [5.41, 5.74) is 3.07. The maximum Gasteiger partial charge on any atom is 0.254 e. The van der Waals surface area contributed by atoms with Crippen molar-refractivity contribution >= 4 is 17.5 Å². The number of rotatable bonds is 4. The van der Waals surface area contributed by atoms with E-state index in [-0.39, 0.29) is 17.7 Å². The molecule has 1 fully saturated rings. The molecular weight excluding hydrogens is 420 g/mol. The van der Waals surface area contributed by atoms with E-state index >= 15 is 0 Å². The van der Waals surface area contributed by atoms with Crippen LogP contribution in [0.15, 0.2) is 60.9 Å². The molecule has 2 aliphatic rings. The van der Waals surface area contributed by atoms with E-state index in [9.17, 15) is 9.59 Å². The van der Waals surface area contributed by atoms with Crippen LogP contribution >= 0.6 is 0 Å². The van der Waals surface area contributed by atoms with Gasteiger partial charge in [-0.2, -0.15) is 5.10 Å². The van der Waals surface area contributed by atoms with Crippen molar-refractivity contribution in [1.82, 2.24) is 14.7 Å². The SMILES string of the molecule is O=C(Nc1cnn(-c2ccc(C(=O)N3CCOc4ccccc4C3)cc2)c1)C1CCOCC1. The summed E-state index contributed by atoms with van der Waals surface area (Å²) in [5, 5.41) is 7.29. The quantitative estimate of drug-likeness (QED) is 0.665. The van der Waals surface area contributed by atoms with E-state index in [0.29, 0.717) is 44.2 Å². The van der Waals surface area contributed by atoms with Gasteiger partial charge in [0.2, 0.25) is 5.91 Å². The Morgan fingerprint density at radius 1 is 1.00 bits per heavy atom. The normalized spacial score (nSPS) is 16.4. The minimum atomic E-state index is -0.0354. The van der Waals surface area contributed by atoms with Crippen molar-refractivity contribution in [1.29, 1.82) is 0 Å². The molecule has 3 aromatic rings. The van der Waals surface area contributed by atoms with Crippen LogP contribution in [0.2, 0.25) is 0 Å². The second-order valence-electron chi connectivity index (χ2n) is 8.28. The van der Waals surface area contributed by atoms with E-state index in [1.165, 1.54) is 0 Å². The number of aromatic nitrogens is 2. The van der Waals surface area contributed by atoms with Crippen LogP contribution in [0.4, 0.5) is 5.69 Å². The van der Waals surface area contributed by atoms with Gasteiger partial charge in [-0.3, -0.25) is 9.59 Å². The van der Waals surface area contributed by atoms with Gasteiger partial charge in [-0.15, -0.1) is 0 Å². The fraction of sp³-hybridized carbons (Fsp3) is 0.320. The highest BCUT2D eigenvalue weighted by atomic mass is 16.5. The van der Waals surface area contributed by atoms with Crippen molar-refractivity contribution in [3.63, 3.8) is 0 Å². The summed E-state index contributed by atoms with van der Waals surface area (Å²) in [5.74, 6) is 0.777. The molecule has 5 rings (SSSR count). The Kier molecular flexibility index (Phi) is 6.08. The minimum Gasteiger partial charge on any atom is -0.491 e. The van der Waals surface area contributed by atoms with E-state index in [1.807, 2.05) is 36.4 Å². The number of nitrogens with one attached hydrogen (secondary N) is 1. The summed E-state index contributed by atoms with van der Waals surface area (Å²) in [6.07, 6.45) is 4.89. The molecule has 1 N–H and O–H groups in total. The number of anilines is 1. The largest absolute Gasteiger partial charge is 0.491 e. The van der Waals surface area contributed by atoms with Crippen molar-refractivity contribution < 1.29 is 19.1 Å². The number of nitrogens with zero attached hydrogens (tertiary/aromatic N) is 3. The Morgan fingerprint density at radius 2 is 1.79 bits per heavy atom. The first-order valence-corrected chi connectivity index (χ1v) is 11.2. The molecule has 8 heteroatoms. The minimum absolute atomic E-state index is 0.00166. The van der Waals surface area contributed by atoms with E-state index in [4.69, 9.17) is 9.47 Å². The number of carbonyl (C=O) groups excluding carboxylic acids is 2. The van der Waals surface area contributed by atoms with E-state index in [2.05, 4.69) is 10.4 Å². The summed E-state index contributed by atoms with van der Waals surface area (Å²) in [6, 6.07) is 15.1. The van der Waals surface area contributed by atoms with Crippen molar-refractivity contribution in [2.24, 2.45) is 5.92 Å². The van der Waals surface area contributed by atoms with Gasteiger partial charge in [0.05, 0.1) is 30.3 Å². The lowest BCUT2D eigenvalue weighted by Gasteiger charge is -2.20. The first-order chi connectivity index (χ1) is 16.2. The fourth-order valence-electron chi connectivity index (χ4n) is 4.17.